The Labute approximate surface area is 102 Å². The molecule has 0 aliphatic heterocycles. The Bertz CT molecular complexity index is 415. The number of hydrogen-bond donors (Lipinski definition) is 2. The van der Waals surface area contributed by atoms with Gasteiger partial charge < -0.3 is 10.8 Å². The summed E-state index contributed by atoms with van der Waals surface area (Å²) in [5.74, 6) is -2.16. The molecule has 6 heteroatoms. The van der Waals surface area contributed by atoms with E-state index in [1.165, 1.54) is 5.56 Å². The van der Waals surface area contributed by atoms with E-state index in [0.29, 0.717) is 5.92 Å². The third-order valence-electron chi connectivity index (χ3n) is 2.72. The van der Waals surface area contributed by atoms with Crippen LogP contribution in [-0.4, -0.2) is 22.8 Å². The van der Waals surface area contributed by atoms with Crippen molar-refractivity contribution in [2.45, 2.75) is 31.0 Å². The third kappa shape index (κ3) is 4.03. The minimum atomic E-state index is -5.08. The van der Waals surface area contributed by atoms with E-state index in [-0.39, 0.29) is 5.54 Å². The van der Waals surface area contributed by atoms with Gasteiger partial charge in [0.25, 0.3) is 0 Å². The molecule has 1 aliphatic carbocycles. The van der Waals surface area contributed by atoms with Gasteiger partial charge >= 0.3 is 12.1 Å². The molecule has 3 N–H and O–H groups in total. The number of carbonyl (C=O) groups is 1. The highest BCUT2D eigenvalue weighted by Crippen LogP contribution is 2.48. The van der Waals surface area contributed by atoms with Crippen molar-refractivity contribution in [1.29, 1.82) is 0 Å². The Kier molecular flexibility index (Phi) is 4.01. The summed E-state index contributed by atoms with van der Waals surface area (Å²) in [6, 6.07) is 10.5. The number of hydrogen-bond acceptors (Lipinski definition) is 2. The van der Waals surface area contributed by atoms with Crippen LogP contribution in [0.3, 0.4) is 0 Å². The van der Waals surface area contributed by atoms with Crippen molar-refractivity contribution >= 4 is 5.97 Å². The zero-order valence-corrected chi connectivity index (χ0v) is 9.74. The summed E-state index contributed by atoms with van der Waals surface area (Å²) in [7, 11) is 0. The van der Waals surface area contributed by atoms with Crippen molar-refractivity contribution in [2.24, 2.45) is 5.73 Å². The molecule has 1 aliphatic rings. The summed E-state index contributed by atoms with van der Waals surface area (Å²) in [6.07, 6.45) is -3.95. The number of halogens is 3. The lowest BCUT2D eigenvalue weighted by Crippen LogP contribution is -2.21. The molecule has 0 saturated heterocycles. The molecular weight excluding hydrogens is 247 g/mol. The summed E-state index contributed by atoms with van der Waals surface area (Å²) in [5, 5.41) is 7.12. The Balaban J connectivity index is 0.000000203. The summed E-state index contributed by atoms with van der Waals surface area (Å²) >= 11 is 0. The van der Waals surface area contributed by atoms with E-state index in [2.05, 4.69) is 31.2 Å². The molecular formula is C12H14F3NO2. The van der Waals surface area contributed by atoms with Crippen LogP contribution in [0.4, 0.5) is 13.2 Å². The van der Waals surface area contributed by atoms with Gasteiger partial charge in [0.15, 0.2) is 0 Å². The minimum Gasteiger partial charge on any atom is -0.475 e. The van der Waals surface area contributed by atoms with Gasteiger partial charge in [0, 0.05) is 11.5 Å². The van der Waals surface area contributed by atoms with Crippen LogP contribution in [0.15, 0.2) is 30.3 Å². The first-order valence-corrected chi connectivity index (χ1v) is 5.28. The van der Waals surface area contributed by atoms with E-state index >= 15 is 0 Å². The Morgan fingerprint density at radius 3 is 2.06 bits per heavy atom. The lowest BCUT2D eigenvalue weighted by molar-refractivity contribution is -0.192. The minimum absolute atomic E-state index is 0.0708. The molecule has 0 bridgehead atoms. The third-order valence-corrected chi connectivity index (χ3v) is 2.72. The molecule has 0 unspecified atom stereocenters. The van der Waals surface area contributed by atoms with Gasteiger partial charge in [-0.15, -0.1) is 0 Å². The summed E-state index contributed by atoms with van der Waals surface area (Å²) in [5.41, 5.74) is 7.40. The molecule has 1 aromatic rings. The number of rotatable bonds is 1. The van der Waals surface area contributed by atoms with Crippen LogP contribution in [0, 0.1) is 0 Å². The van der Waals surface area contributed by atoms with E-state index < -0.39 is 12.1 Å². The van der Waals surface area contributed by atoms with Crippen LogP contribution in [0.25, 0.3) is 0 Å². The maximum atomic E-state index is 10.6. The largest absolute Gasteiger partial charge is 0.490 e. The Hall–Kier alpha value is -1.56. The second-order valence-corrected chi connectivity index (χ2v) is 4.48. The number of aliphatic carboxylic acids is 1. The van der Waals surface area contributed by atoms with Crippen molar-refractivity contribution in [3.8, 4) is 0 Å². The summed E-state index contributed by atoms with van der Waals surface area (Å²) < 4.78 is 31.7. The van der Waals surface area contributed by atoms with Crippen LogP contribution in [0.5, 0.6) is 0 Å². The predicted molar refractivity (Wildman–Crippen MR) is 60.1 cm³/mol. The Morgan fingerprint density at radius 1 is 1.39 bits per heavy atom. The van der Waals surface area contributed by atoms with Crippen LogP contribution in [-0.2, 0) is 4.79 Å². The second kappa shape index (κ2) is 4.97. The smallest absolute Gasteiger partial charge is 0.475 e. The maximum Gasteiger partial charge on any atom is 0.490 e. The zero-order chi connectivity index (χ0) is 14.0. The molecule has 18 heavy (non-hydrogen) atoms. The van der Waals surface area contributed by atoms with Gasteiger partial charge in [-0.3, -0.25) is 0 Å². The zero-order valence-electron chi connectivity index (χ0n) is 9.74. The molecule has 1 fully saturated rings. The van der Waals surface area contributed by atoms with E-state index in [1.807, 2.05) is 6.07 Å². The highest BCUT2D eigenvalue weighted by Gasteiger charge is 2.47. The standard InChI is InChI=1S/C10H13N.C2HF3O2/c1-10(11)7-9(10)8-5-3-2-4-6-8;3-2(4,5)1(6)7/h2-6,9H,7,11H2,1H3;(H,6,7)/t9-,10+;/m0./s1. The average Bonchev–Trinajstić information content (AvgIpc) is 2.89. The SMILES string of the molecule is C[C@@]1(N)C[C@H]1c1ccccc1.O=C(O)C(F)(F)F. The van der Waals surface area contributed by atoms with Gasteiger partial charge in [-0.05, 0) is 18.9 Å². The molecule has 100 valence electrons. The monoisotopic (exact) mass is 261 g/mol. The summed E-state index contributed by atoms with van der Waals surface area (Å²) in [4.78, 5) is 8.90. The number of carboxylic acid groups (broad SMARTS) is 1. The lowest BCUT2D eigenvalue weighted by Gasteiger charge is -2.02. The van der Waals surface area contributed by atoms with Crippen molar-refractivity contribution < 1.29 is 23.1 Å². The quantitative estimate of drug-likeness (QED) is 0.816. The van der Waals surface area contributed by atoms with Crippen molar-refractivity contribution in [3.05, 3.63) is 35.9 Å². The fourth-order valence-electron chi connectivity index (χ4n) is 1.56. The number of nitrogens with two attached hydrogens (primary N) is 1. The van der Waals surface area contributed by atoms with E-state index in [4.69, 9.17) is 15.6 Å². The van der Waals surface area contributed by atoms with Crippen LogP contribution >= 0.6 is 0 Å². The van der Waals surface area contributed by atoms with Gasteiger partial charge in [0.05, 0.1) is 0 Å². The summed E-state index contributed by atoms with van der Waals surface area (Å²) in [6.45, 7) is 2.12. The van der Waals surface area contributed by atoms with E-state index in [1.54, 1.807) is 0 Å². The van der Waals surface area contributed by atoms with Gasteiger partial charge in [-0.2, -0.15) is 13.2 Å². The number of carboxylic acids is 1. The lowest BCUT2D eigenvalue weighted by atomic mass is 10.1. The van der Waals surface area contributed by atoms with Gasteiger partial charge in [0.1, 0.15) is 0 Å². The molecule has 0 radical (unpaired) electrons. The van der Waals surface area contributed by atoms with E-state index in [9.17, 15) is 13.2 Å². The van der Waals surface area contributed by atoms with Crippen LogP contribution < -0.4 is 5.73 Å². The topological polar surface area (TPSA) is 63.3 Å². The van der Waals surface area contributed by atoms with Crippen molar-refractivity contribution in [2.75, 3.05) is 0 Å². The fraction of sp³-hybridized carbons (Fsp3) is 0.417. The molecule has 0 amide bonds. The molecule has 3 nitrogen and oxygen atoms in total. The van der Waals surface area contributed by atoms with Crippen LogP contribution in [0.1, 0.15) is 24.8 Å². The van der Waals surface area contributed by atoms with Gasteiger partial charge in [0.2, 0.25) is 0 Å². The number of benzene rings is 1. The maximum absolute atomic E-state index is 10.6. The first-order chi connectivity index (χ1) is 8.14. The molecule has 0 aromatic heterocycles. The molecule has 2 atom stereocenters. The van der Waals surface area contributed by atoms with Crippen LogP contribution in [0.2, 0.25) is 0 Å². The fourth-order valence-corrected chi connectivity index (χ4v) is 1.56. The van der Waals surface area contributed by atoms with Crippen molar-refractivity contribution in [3.63, 3.8) is 0 Å². The normalized spacial score (nSPS) is 25.9. The second-order valence-electron chi connectivity index (χ2n) is 4.48. The van der Waals surface area contributed by atoms with E-state index in [0.717, 1.165) is 6.42 Å². The first-order valence-electron chi connectivity index (χ1n) is 5.28. The molecule has 2 rings (SSSR count). The van der Waals surface area contributed by atoms with Gasteiger partial charge in [-0.1, -0.05) is 30.3 Å². The Morgan fingerprint density at radius 2 is 1.78 bits per heavy atom. The molecule has 1 aromatic carbocycles. The molecule has 0 heterocycles. The van der Waals surface area contributed by atoms with Crippen molar-refractivity contribution in [1.82, 2.24) is 0 Å². The highest BCUT2D eigenvalue weighted by molar-refractivity contribution is 5.73. The highest BCUT2D eigenvalue weighted by atomic mass is 19.4. The first kappa shape index (κ1) is 14.5. The molecule has 0 spiro atoms. The number of alkyl halides is 3. The molecule has 1 saturated carbocycles. The average molecular weight is 261 g/mol. The predicted octanol–water partition coefficient (Wildman–Crippen LogP) is 2.52. The van der Waals surface area contributed by atoms with Gasteiger partial charge in [-0.25, -0.2) is 4.79 Å².